The highest BCUT2D eigenvalue weighted by Gasteiger charge is 2.41. The molecule has 0 radical (unpaired) electrons. The fourth-order valence-electron chi connectivity index (χ4n) is 2.78. The molecule has 1 aliphatic carbocycles. The molecular formula is C16H21NO3. The van der Waals surface area contributed by atoms with Gasteiger partial charge in [0.15, 0.2) is 0 Å². The van der Waals surface area contributed by atoms with Gasteiger partial charge in [-0.25, -0.2) is 0 Å². The van der Waals surface area contributed by atoms with Gasteiger partial charge in [-0.15, -0.1) is 0 Å². The van der Waals surface area contributed by atoms with Crippen LogP contribution in [0.25, 0.3) is 0 Å². The second kappa shape index (κ2) is 6.07. The molecule has 1 aromatic carbocycles. The van der Waals surface area contributed by atoms with Gasteiger partial charge in [-0.2, -0.15) is 0 Å². The van der Waals surface area contributed by atoms with Gasteiger partial charge in [0.25, 0.3) is 0 Å². The van der Waals surface area contributed by atoms with Crippen LogP contribution in [0.4, 0.5) is 0 Å². The van der Waals surface area contributed by atoms with E-state index in [1.165, 1.54) is 16.7 Å². The lowest BCUT2D eigenvalue weighted by Crippen LogP contribution is -2.44. The summed E-state index contributed by atoms with van der Waals surface area (Å²) in [6.45, 7) is 4.67. The van der Waals surface area contributed by atoms with Crippen LogP contribution in [0.5, 0.6) is 0 Å². The van der Waals surface area contributed by atoms with Crippen molar-refractivity contribution in [3.8, 4) is 0 Å². The molecule has 1 aliphatic rings. The zero-order valence-electron chi connectivity index (χ0n) is 12.0. The molecule has 1 fully saturated rings. The molecule has 1 aromatic rings. The molecule has 0 aliphatic heterocycles. The number of rotatable bonds is 5. The topological polar surface area (TPSA) is 66.4 Å². The summed E-state index contributed by atoms with van der Waals surface area (Å²) in [6.07, 6.45) is 2.08. The zero-order valence-corrected chi connectivity index (χ0v) is 12.0. The summed E-state index contributed by atoms with van der Waals surface area (Å²) in [6, 6.07) is 6.35. The van der Waals surface area contributed by atoms with Gasteiger partial charge < -0.3 is 10.4 Å². The Balaban J connectivity index is 1.81. The standard InChI is InChI=1S/C16H21NO3/c1-10-7-11(2)9-12(8-10)5-6-17-15(18)13-3-4-14(13)16(19)20/h7-9,13-14H,3-6H2,1-2H3,(H,17,18)(H,19,20). The SMILES string of the molecule is Cc1cc(C)cc(CCNC(=O)C2CCC2C(=O)O)c1. The lowest BCUT2D eigenvalue weighted by Gasteiger charge is -2.31. The lowest BCUT2D eigenvalue weighted by atomic mass is 9.73. The number of nitrogens with one attached hydrogen (secondary N) is 1. The van der Waals surface area contributed by atoms with Crippen molar-refractivity contribution in [1.82, 2.24) is 5.32 Å². The third-order valence-electron chi connectivity index (χ3n) is 3.92. The normalized spacial score (nSPS) is 21.1. The molecule has 4 nitrogen and oxygen atoms in total. The number of carbonyl (C=O) groups excluding carboxylic acids is 1. The van der Waals surface area contributed by atoms with E-state index in [0.717, 1.165) is 6.42 Å². The minimum atomic E-state index is -0.856. The second-order valence-electron chi connectivity index (χ2n) is 5.67. The van der Waals surface area contributed by atoms with E-state index in [2.05, 4.69) is 37.4 Å². The predicted octanol–water partition coefficient (Wildman–Crippen LogP) is 2.07. The van der Waals surface area contributed by atoms with Crippen LogP contribution < -0.4 is 5.32 Å². The first-order valence-electron chi connectivity index (χ1n) is 7.05. The Morgan fingerprint density at radius 1 is 1.15 bits per heavy atom. The quantitative estimate of drug-likeness (QED) is 0.864. The van der Waals surface area contributed by atoms with E-state index < -0.39 is 11.9 Å². The number of hydrogen-bond donors (Lipinski definition) is 2. The summed E-state index contributed by atoms with van der Waals surface area (Å²) in [5, 5.41) is 11.8. The number of hydrogen-bond acceptors (Lipinski definition) is 2. The molecule has 2 rings (SSSR count). The highest BCUT2D eigenvalue weighted by molar-refractivity contribution is 5.86. The van der Waals surface area contributed by atoms with Gasteiger partial charge in [-0.1, -0.05) is 29.3 Å². The Labute approximate surface area is 119 Å². The molecule has 108 valence electrons. The van der Waals surface area contributed by atoms with Crippen LogP contribution in [-0.2, 0) is 16.0 Å². The molecule has 0 aromatic heterocycles. The second-order valence-corrected chi connectivity index (χ2v) is 5.67. The first kappa shape index (κ1) is 14.6. The highest BCUT2D eigenvalue weighted by Crippen LogP contribution is 2.34. The van der Waals surface area contributed by atoms with E-state index in [1.807, 2.05) is 0 Å². The van der Waals surface area contributed by atoms with E-state index in [4.69, 9.17) is 5.11 Å². The van der Waals surface area contributed by atoms with E-state index in [1.54, 1.807) is 0 Å². The van der Waals surface area contributed by atoms with Crippen molar-refractivity contribution in [2.24, 2.45) is 11.8 Å². The summed E-state index contributed by atoms with van der Waals surface area (Å²) in [4.78, 5) is 22.8. The van der Waals surface area contributed by atoms with Crippen molar-refractivity contribution in [3.05, 3.63) is 34.9 Å². The van der Waals surface area contributed by atoms with Crippen LogP contribution in [0.2, 0.25) is 0 Å². The van der Waals surface area contributed by atoms with Gasteiger partial charge in [0.1, 0.15) is 0 Å². The molecule has 2 N–H and O–H groups in total. The average Bonchev–Trinajstić information content (AvgIpc) is 2.24. The van der Waals surface area contributed by atoms with Crippen LogP contribution in [0.15, 0.2) is 18.2 Å². The molecule has 1 saturated carbocycles. The van der Waals surface area contributed by atoms with Crippen molar-refractivity contribution in [3.63, 3.8) is 0 Å². The van der Waals surface area contributed by atoms with Crippen molar-refractivity contribution in [2.75, 3.05) is 6.54 Å². The third-order valence-corrected chi connectivity index (χ3v) is 3.92. The Bertz CT molecular complexity index is 504. The fraction of sp³-hybridized carbons (Fsp3) is 0.500. The van der Waals surface area contributed by atoms with Gasteiger partial charge in [0.2, 0.25) is 5.91 Å². The van der Waals surface area contributed by atoms with Crippen molar-refractivity contribution in [2.45, 2.75) is 33.1 Å². The number of aryl methyl sites for hydroxylation is 2. The summed E-state index contributed by atoms with van der Waals surface area (Å²) in [5.41, 5.74) is 3.64. The zero-order chi connectivity index (χ0) is 14.7. The Morgan fingerprint density at radius 2 is 1.75 bits per heavy atom. The van der Waals surface area contributed by atoms with Crippen LogP contribution in [0.3, 0.4) is 0 Å². The molecular weight excluding hydrogens is 254 g/mol. The Hall–Kier alpha value is -1.84. The number of benzene rings is 1. The monoisotopic (exact) mass is 275 g/mol. The van der Waals surface area contributed by atoms with Crippen LogP contribution in [0, 0.1) is 25.7 Å². The maximum Gasteiger partial charge on any atom is 0.307 e. The molecule has 0 spiro atoms. The minimum Gasteiger partial charge on any atom is -0.481 e. The molecule has 0 heterocycles. The molecule has 1 amide bonds. The maximum absolute atomic E-state index is 11.9. The Kier molecular flexibility index (Phi) is 4.42. The molecule has 20 heavy (non-hydrogen) atoms. The van der Waals surface area contributed by atoms with E-state index in [-0.39, 0.29) is 11.8 Å². The number of amides is 1. The molecule has 2 atom stereocenters. The smallest absolute Gasteiger partial charge is 0.307 e. The number of aliphatic carboxylic acids is 1. The molecule has 4 heteroatoms. The van der Waals surface area contributed by atoms with Crippen LogP contribution >= 0.6 is 0 Å². The lowest BCUT2D eigenvalue weighted by molar-refractivity contribution is -0.152. The van der Waals surface area contributed by atoms with Crippen LogP contribution in [0.1, 0.15) is 29.5 Å². The largest absolute Gasteiger partial charge is 0.481 e. The van der Waals surface area contributed by atoms with E-state index >= 15 is 0 Å². The first-order valence-corrected chi connectivity index (χ1v) is 7.05. The van der Waals surface area contributed by atoms with Gasteiger partial charge in [0.05, 0.1) is 11.8 Å². The fourth-order valence-corrected chi connectivity index (χ4v) is 2.78. The maximum atomic E-state index is 11.9. The first-order chi connectivity index (χ1) is 9.47. The average molecular weight is 275 g/mol. The summed E-state index contributed by atoms with van der Waals surface area (Å²) in [7, 11) is 0. The number of carboxylic acids is 1. The number of carbonyl (C=O) groups is 2. The molecule has 2 unspecified atom stereocenters. The predicted molar refractivity (Wildman–Crippen MR) is 76.5 cm³/mol. The third kappa shape index (κ3) is 3.38. The van der Waals surface area contributed by atoms with Crippen molar-refractivity contribution < 1.29 is 14.7 Å². The summed E-state index contributed by atoms with van der Waals surface area (Å²) >= 11 is 0. The Morgan fingerprint density at radius 3 is 2.25 bits per heavy atom. The molecule has 0 bridgehead atoms. The summed E-state index contributed by atoms with van der Waals surface area (Å²) in [5.74, 6) is -1.80. The summed E-state index contributed by atoms with van der Waals surface area (Å²) < 4.78 is 0. The van der Waals surface area contributed by atoms with Crippen molar-refractivity contribution >= 4 is 11.9 Å². The van der Waals surface area contributed by atoms with Gasteiger partial charge in [-0.05, 0) is 38.7 Å². The minimum absolute atomic E-state index is 0.118. The van der Waals surface area contributed by atoms with E-state index in [9.17, 15) is 9.59 Å². The molecule has 0 saturated heterocycles. The van der Waals surface area contributed by atoms with Crippen LogP contribution in [-0.4, -0.2) is 23.5 Å². The van der Waals surface area contributed by atoms with Gasteiger partial charge >= 0.3 is 5.97 Å². The van der Waals surface area contributed by atoms with Gasteiger partial charge in [0, 0.05) is 6.54 Å². The highest BCUT2D eigenvalue weighted by atomic mass is 16.4. The number of carboxylic acid groups (broad SMARTS) is 1. The van der Waals surface area contributed by atoms with Gasteiger partial charge in [-0.3, -0.25) is 9.59 Å². The van der Waals surface area contributed by atoms with Crippen molar-refractivity contribution in [1.29, 1.82) is 0 Å². The van der Waals surface area contributed by atoms with E-state index in [0.29, 0.717) is 19.4 Å².